The van der Waals surface area contributed by atoms with Crippen LogP contribution in [0.2, 0.25) is 0 Å². The van der Waals surface area contributed by atoms with Crippen LogP contribution in [-0.2, 0) is 21.4 Å². The van der Waals surface area contributed by atoms with Gasteiger partial charge in [-0.3, -0.25) is 4.79 Å². The molecule has 2 aliphatic rings. The molecular weight excluding hydrogens is 446 g/mol. The highest BCUT2D eigenvalue weighted by molar-refractivity contribution is 7.99. The van der Waals surface area contributed by atoms with Gasteiger partial charge in [-0.15, -0.1) is 0 Å². The molecule has 1 spiro atoms. The Morgan fingerprint density at radius 2 is 2.06 bits per heavy atom. The number of hydrogen-bond donors (Lipinski definition) is 0. The van der Waals surface area contributed by atoms with Gasteiger partial charge in [-0.1, -0.05) is 62.0 Å². The van der Waals surface area contributed by atoms with E-state index in [4.69, 9.17) is 19.4 Å². The summed E-state index contributed by atoms with van der Waals surface area (Å²) in [6.07, 6.45) is 7.07. The number of benzene rings is 1. The van der Waals surface area contributed by atoms with Gasteiger partial charge in [0.25, 0.3) is 0 Å². The number of likely N-dealkylation sites (tertiary alicyclic amines) is 1. The lowest BCUT2D eigenvalue weighted by Crippen LogP contribution is -2.47. The molecule has 1 aliphatic heterocycles. The quantitative estimate of drug-likeness (QED) is 0.205. The summed E-state index contributed by atoms with van der Waals surface area (Å²) in [5.74, 6) is 1.71. The van der Waals surface area contributed by atoms with Crippen molar-refractivity contribution >= 4 is 17.7 Å². The van der Waals surface area contributed by atoms with Crippen molar-refractivity contribution in [3.63, 3.8) is 0 Å². The molecule has 2 aromatic rings. The molecule has 1 aliphatic carbocycles. The molecule has 0 bridgehead atoms. The molecule has 1 fully saturated rings. The highest BCUT2D eigenvalue weighted by Crippen LogP contribution is 2.51. The van der Waals surface area contributed by atoms with Crippen molar-refractivity contribution in [2.75, 3.05) is 39.2 Å². The molecule has 0 radical (unpaired) electrons. The fourth-order valence-electron chi connectivity index (χ4n) is 5.07. The first-order chi connectivity index (χ1) is 16.6. The molecule has 0 saturated carbocycles. The number of thioether (sulfide) groups is 1. The van der Waals surface area contributed by atoms with Gasteiger partial charge in [0.1, 0.15) is 6.61 Å². The number of carbonyl (C=O) groups is 1. The predicted molar refractivity (Wildman–Crippen MR) is 136 cm³/mol. The second-order valence-electron chi connectivity index (χ2n) is 9.07. The summed E-state index contributed by atoms with van der Waals surface area (Å²) in [6, 6.07) is 8.53. The maximum absolute atomic E-state index is 12.7. The van der Waals surface area contributed by atoms with Gasteiger partial charge < -0.3 is 14.4 Å². The number of piperidine rings is 1. The van der Waals surface area contributed by atoms with E-state index in [2.05, 4.69) is 37.8 Å². The highest BCUT2D eigenvalue weighted by atomic mass is 32.2. The number of fused-ring (bicyclic) bond motifs is 4. The summed E-state index contributed by atoms with van der Waals surface area (Å²) in [7, 11) is 1.70. The third-order valence-electron chi connectivity index (χ3n) is 6.86. The molecule has 0 N–H and O–H groups in total. The minimum atomic E-state index is -0.141. The van der Waals surface area contributed by atoms with Crippen LogP contribution in [-0.4, -0.2) is 59.9 Å². The Labute approximate surface area is 207 Å². The molecule has 2 heterocycles. The zero-order valence-electron chi connectivity index (χ0n) is 20.3. The van der Waals surface area contributed by atoms with Gasteiger partial charge in [-0.05, 0) is 31.2 Å². The molecule has 0 unspecified atom stereocenters. The number of methoxy groups -OCH3 is 1. The van der Waals surface area contributed by atoms with E-state index in [1.807, 2.05) is 4.90 Å². The average Bonchev–Trinajstić information content (AvgIpc) is 2.86. The molecular formula is C27H35N3O3S. The van der Waals surface area contributed by atoms with Crippen LogP contribution in [0.1, 0.15) is 50.2 Å². The van der Waals surface area contributed by atoms with Crippen LogP contribution in [0.15, 0.2) is 42.1 Å². The van der Waals surface area contributed by atoms with Crippen LogP contribution in [0.25, 0.3) is 11.3 Å². The van der Waals surface area contributed by atoms with Gasteiger partial charge in [-0.2, -0.15) is 4.98 Å². The predicted octanol–water partition coefficient (Wildman–Crippen LogP) is 5.05. The van der Waals surface area contributed by atoms with Gasteiger partial charge >= 0.3 is 0 Å². The first kappa shape index (κ1) is 24.7. The van der Waals surface area contributed by atoms with Crippen LogP contribution >= 0.6 is 11.8 Å². The largest absolute Gasteiger partial charge is 0.473 e. The zero-order chi connectivity index (χ0) is 24.0. The minimum absolute atomic E-state index is 0.141. The molecule has 34 heavy (non-hydrogen) atoms. The van der Waals surface area contributed by atoms with E-state index in [0.29, 0.717) is 30.7 Å². The Balaban J connectivity index is 1.73. The topological polar surface area (TPSA) is 64.6 Å². The summed E-state index contributed by atoms with van der Waals surface area (Å²) in [6.45, 7) is 8.50. The third-order valence-corrected chi connectivity index (χ3v) is 7.67. The van der Waals surface area contributed by atoms with Crippen molar-refractivity contribution in [2.45, 2.75) is 56.0 Å². The van der Waals surface area contributed by atoms with Gasteiger partial charge in [0.15, 0.2) is 5.16 Å². The smallest absolute Gasteiger partial charge is 0.222 e. The first-order valence-electron chi connectivity index (χ1n) is 12.3. The van der Waals surface area contributed by atoms with E-state index in [-0.39, 0.29) is 11.3 Å². The number of rotatable bonds is 10. The van der Waals surface area contributed by atoms with Gasteiger partial charge in [0.2, 0.25) is 11.8 Å². The van der Waals surface area contributed by atoms with Crippen molar-refractivity contribution in [3.8, 4) is 17.1 Å². The molecule has 7 heteroatoms. The average molecular weight is 482 g/mol. The summed E-state index contributed by atoms with van der Waals surface area (Å²) in [5.41, 5.74) is 4.40. The number of aromatic nitrogens is 2. The summed E-state index contributed by atoms with van der Waals surface area (Å²) in [5, 5.41) is 0.703. The second kappa shape index (κ2) is 11.4. The Morgan fingerprint density at radius 3 is 2.79 bits per heavy atom. The number of unbranched alkanes of at least 4 members (excludes halogenated alkanes) is 1. The van der Waals surface area contributed by atoms with Crippen LogP contribution in [0, 0.1) is 0 Å². The molecule has 1 aromatic carbocycles. The Hall–Kier alpha value is -2.38. The molecule has 1 aromatic heterocycles. The van der Waals surface area contributed by atoms with Crippen LogP contribution in [0.3, 0.4) is 0 Å². The normalized spacial score (nSPS) is 16.1. The molecule has 0 atom stereocenters. The number of hydrogen-bond acceptors (Lipinski definition) is 6. The van der Waals surface area contributed by atoms with Gasteiger partial charge in [0.05, 0.1) is 12.3 Å². The summed E-state index contributed by atoms with van der Waals surface area (Å²) >= 11 is 1.58. The number of nitrogens with zero attached hydrogens (tertiary/aromatic N) is 3. The van der Waals surface area contributed by atoms with Crippen molar-refractivity contribution in [1.29, 1.82) is 0 Å². The van der Waals surface area contributed by atoms with E-state index >= 15 is 0 Å². The van der Waals surface area contributed by atoms with Gasteiger partial charge in [0, 0.05) is 48.9 Å². The van der Waals surface area contributed by atoms with E-state index in [1.54, 1.807) is 24.9 Å². The van der Waals surface area contributed by atoms with Crippen molar-refractivity contribution in [3.05, 3.63) is 48.0 Å². The summed E-state index contributed by atoms with van der Waals surface area (Å²) < 4.78 is 11.4. The monoisotopic (exact) mass is 481 g/mol. The molecule has 6 nitrogen and oxygen atoms in total. The molecule has 1 saturated heterocycles. The van der Waals surface area contributed by atoms with E-state index in [1.165, 1.54) is 5.56 Å². The number of amides is 1. The lowest BCUT2D eigenvalue weighted by atomic mass is 9.64. The second-order valence-corrected chi connectivity index (χ2v) is 10.1. The van der Waals surface area contributed by atoms with Crippen LogP contribution in [0.4, 0.5) is 0 Å². The van der Waals surface area contributed by atoms with E-state index < -0.39 is 0 Å². The fraction of sp³-hybridized carbons (Fsp3) is 0.519. The first-order valence-corrected chi connectivity index (χ1v) is 13.2. The van der Waals surface area contributed by atoms with Crippen molar-refractivity contribution in [1.82, 2.24) is 14.9 Å². The Morgan fingerprint density at radius 1 is 1.26 bits per heavy atom. The molecule has 4 rings (SSSR count). The molecule has 1 amide bonds. The standard InChI is InChI=1S/C27H35N3O3S/c1-4-6-11-22(31)30-14-12-27(13-15-30)19-20-9-7-8-10-21(20)24-23(27)25(33-16-5-2)29-26(28-24)34-18-17-32-3/h5,7-10H,2,4,6,11-19H2,1,3H3. The Kier molecular flexibility index (Phi) is 8.27. The van der Waals surface area contributed by atoms with E-state index in [0.717, 1.165) is 67.8 Å². The third kappa shape index (κ3) is 5.15. The van der Waals surface area contributed by atoms with Crippen molar-refractivity contribution < 1.29 is 14.3 Å². The fourth-order valence-corrected chi connectivity index (χ4v) is 5.81. The highest BCUT2D eigenvalue weighted by Gasteiger charge is 2.45. The maximum Gasteiger partial charge on any atom is 0.222 e. The number of ether oxygens (including phenoxy) is 2. The minimum Gasteiger partial charge on any atom is -0.473 e. The van der Waals surface area contributed by atoms with Crippen LogP contribution in [0.5, 0.6) is 5.88 Å². The SMILES string of the molecule is C=CCOc1nc(SCCOC)nc2c1C1(CCN(C(=O)CCCC)CC1)Cc1ccccc1-2. The van der Waals surface area contributed by atoms with E-state index in [9.17, 15) is 4.79 Å². The van der Waals surface area contributed by atoms with Crippen LogP contribution < -0.4 is 4.74 Å². The number of carbonyl (C=O) groups excluding carboxylic acids is 1. The van der Waals surface area contributed by atoms with Crippen molar-refractivity contribution in [2.24, 2.45) is 0 Å². The van der Waals surface area contributed by atoms with Gasteiger partial charge in [-0.25, -0.2) is 4.98 Å². The zero-order valence-corrected chi connectivity index (χ0v) is 21.2. The Bertz CT molecular complexity index is 1020. The maximum atomic E-state index is 12.7. The lowest BCUT2D eigenvalue weighted by molar-refractivity contribution is -0.133. The lowest BCUT2D eigenvalue weighted by Gasteiger charge is -2.45. The molecule has 182 valence electrons. The summed E-state index contributed by atoms with van der Waals surface area (Å²) in [4.78, 5) is 24.7.